The van der Waals surface area contributed by atoms with Crippen molar-refractivity contribution in [2.45, 2.75) is 38.1 Å². The maximum absolute atomic E-state index is 12.6. The van der Waals surface area contributed by atoms with Gasteiger partial charge in [-0.15, -0.1) is 0 Å². The van der Waals surface area contributed by atoms with Crippen LogP contribution < -0.4 is 10.5 Å². The van der Waals surface area contributed by atoms with E-state index in [0.29, 0.717) is 19.0 Å². The predicted molar refractivity (Wildman–Crippen MR) is 77.5 cm³/mol. The van der Waals surface area contributed by atoms with Gasteiger partial charge in [0.25, 0.3) is 0 Å². The molecule has 0 bridgehead atoms. The molecule has 1 amide bonds. The molecule has 6 nitrogen and oxygen atoms in total. The van der Waals surface area contributed by atoms with Crippen molar-refractivity contribution in [2.75, 3.05) is 25.9 Å². The van der Waals surface area contributed by atoms with Crippen LogP contribution in [-0.2, 0) is 14.8 Å². The maximum atomic E-state index is 12.6. The van der Waals surface area contributed by atoms with E-state index < -0.39 is 10.0 Å². The summed E-state index contributed by atoms with van der Waals surface area (Å²) in [4.78, 5) is 14.4. The normalized spacial score (nSPS) is 31.5. The molecule has 7 heteroatoms. The first kappa shape index (κ1) is 15.7. The molecule has 1 aliphatic carbocycles. The fourth-order valence-electron chi connectivity index (χ4n) is 3.45. The monoisotopic (exact) mass is 303 g/mol. The molecule has 0 aromatic carbocycles. The second-order valence-electron chi connectivity index (χ2n) is 6.05. The van der Waals surface area contributed by atoms with Gasteiger partial charge in [0.05, 0.1) is 6.26 Å². The topological polar surface area (TPSA) is 92.5 Å². The summed E-state index contributed by atoms with van der Waals surface area (Å²) >= 11 is 0. The van der Waals surface area contributed by atoms with Crippen LogP contribution in [0.15, 0.2) is 0 Å². The van der Waals surface area contributed by atoms with E-state index in [1.807, 2.05) is 4.90 Å². The van der Waals surface area contributed by atoms with Crippen molar-refractivity contribution in [3.05, 3.63) is 0 Å². The van der Waals surface area contributed by atoms with E-state index in [4.69, 9.17) is 5.73 Å². The lowest BCUT2D eigenvalue weighted by atomic mass is 9.93. The van der Waals surface area contributed by atoms with Crippen LogP contribution in [0.5, 0.6) is 0 Å². The van der Waals surface area contributed by atoms with E-state index in [2.05, 4.69) is 4.72 Å². The molecule has 2 rings (SSSR count). The van der Waals surface area contributed by atoms with Gasteiger partial charge in [0, 0.05) is 25.0 Å². The molecular weight excluding hydrogens is 278 g/mol. The van der Waals surface area contributed by atoms with Gasteiger partial charge in [0.1, 0.15) is 0 Å². The molecule has 0 aromatic rings. The maximum Gasteiger partial charge on any atom is 0.226 e. The molecule has 2 fully saturated rings. The summed E-state index contributed by atoms with van der Waals surface area (Å²) in [6, 6.07) is -0.152. The lowest BCUT2D eigenvalue weighted by Gasteiger charge is -2.35. The number of nitrogens with one attached hydrogen (secondary N) is 1. The molecule has 0 aromatic heterocycles. The van der Waals surface area contributed by atoms with E-state index in [-0.39, 0.29) is 17.9 Å². The zero-order valence-electron chi connectivity index (χ0n) is 12.0. The number of rotatable bonds is 4. The average Bonchev–Trinajstić information content (AvgIpc) is 2.84. The number of piperidine rings is 1. The van der Waals surface area contributed by atoms with E-state index in [1.165, 1.54) is 0 Å². The molecule has 1 saturated heterocycles. The molecule has 3 atom stereocenters. The van der Waals surface area contributed by atoms with E-state index in [9.17, 15) is 13.2 Å². The Morgan fingerprint density at radius 2 is 2.05 bits per heavy atom. The van der Waals surface area contributed by atoms with Crippen molar-refractivity contribution in [1.82, 2.24) is 9.62 Å². The fraction of sp³-hybridized carbons (Fsp3) is 0.923. The number of nitrogens with two attached hydrogens (primary N) is 1. The molecule has 3 unspecified atom stereocenters. The number of carbonyl (C=O) groups is 1. The van der Waals surface area contributed by atoms with E-state index >= 15 is 0 Å². The number of sulfonamides is 1. The highest BCUT2D eigenvalue weighted by atomic mass is 32.2. The molecule has 1 saturated carbocycles. The summed E-state index contributed by atoms with van der Waals surface area (Å²) in [6.45, 7) is 1.78. The predicted octanol–water partition coefficient (Wildman–Crippen LogP) is -0.0984. The lowest BCUT2D eigenvalue weighted by molar-refractivity contribution is -0.137. The van der Waals surface area contributed by atoms with Gasteiger partial charge in [0.15, 0.2) is 0 Å². The minimum absolute atomic E-state index is 0.0389. The van der Waals surface area contributed by atoms with Crippen LogP contribution in [0.3, 0.4) is 0 Å². The standard InChI is InChI=1S/C13H25N3O3S/c1-20(18,19)15-11-5-3-7-16(9-11)13(17)12-6-2-4-10(12)8-14/h10-12,15H,2-9,14H2,1H3. The molecule has 0 radical (unpaired) electrons. The van der Waals surface area contributed by atoms with Gasteiger partial charge in [-0.3, -0.25) is 4.79 Å². The summed E-state index contributed by atoms with van der Waals surface area (Å²) in [5.74, 6) is 0.501. The van der Waals surface area contributed by atoms with Crippen LogP contribution >= 0.6 is 0 Å². The molecule has 20 heavy (non-hydrogen) atoms. The largest absolute Gasteiger partial charge is 0.341 e. The van der Waals surface area contributed by atoms with Gasteiger partial charge in [-0.2, -0.15) is 0 Å². The van der Waals surface area contributed by atoms with Gasteiger partial charge in [0.2, 0.25) is 15.9 Å². The summed E-state index contributed by atoms with van der Waals surface area (Å²) in [5, 5.41) is 0. The smallest absolute Gasteiger partial charge is 0.226 e. The number of likely N-dealkylation sites (tertiary alicyclic amines) is 1. The number of hydrogen-bond acceptors (Lipinski definition) is 4. The third-order valence-corrected chi connectivity index (χ3v) is 5.15. The summed E-state index contributed by atoms with van der Waals surface area (Å²) in [5.41, 5.74) is 5.74. The van der Waals surface area contributed by atoms with Crippen molar-refractivity contribution < 1.29 is 13.2 Å². The van der Waals surface area contributed by atoms with Crippen LogP contribution in [0.4, 0.5) is 0 Å². The van der Waals surface area contributed by atoms with Crippen molar-refractivity contribution >= 4 is 15.9 Å². The Kier molecular flexibility index (Phi) is 5.04. The summed E-state index contributed by atoms with van der Waals surface area (Å²) in [6.07, 6.45) is 5.82. The molecule has 0 spiro atoms. The highest BCUT2D eigenvalue weighted by molar-refractivity contribution is 7.88. The van der Waals surface area contributed by atoms with Crippen LogP contribution in [0.1, 0.15) is 32.1 Å². The Bertz CT molecular complexity index is 452. The first-order valence-electron chi connectivity index (χ1n) is 7.37. The van der Waals surface area contributed by atoms with E-state index in [0.717, 1.165) is 44.9 Å². The minimum Gasteiger partial charge on any atom is -0.341 e. The Morgan fingerprint density at radius 3 is 2.70 bits per heavy atom. The Morgan fingerprint density at radius 1 is 1.30 bits per heavy atom. The molecule has 2 aliphatic rings. The highest BCUT2D eigenvalue weighted by Crippen LogP contribution is 2.33. The number of amides is 1. The van der Waals surface area contributed by atoms with Crippen molar-refractivity contribution in [3.8, 4) is 0 Å². The van der Waals surface area contributed by atoms with Crippen molar-refractivity contribution in [2.24, 2.45) is 17.6 Å². The second-order valence-corrected chi connectivity index (χ2v) is 7.83. The van der Waals surface area contributed by atoms with Crippen LogP contribution in [0.2, 0.25) is 0 Å². The highest BCUT2D eigenvalue weighted by Gasteiger charge is 2.36. The number of hydrogen-bond donors (Lipinski definition) is 2. The third kappa shape index (κ3) is 3.93. The zero-order chi connectivity index (χ0) is 14.8. The van der Waals surface area contributed by atoms with Gasteiger partial charge >= 0.3 is 0 Å². The van der Waals surface area contributed by atoms with Crippen molar-refractivity contribution in [1.29, 1.82) is 0 Å². The van der Waals surface area contributed by atoms with Gasteiger partial charge < -0.3 is 10.6 Å². The molecule has 116 valence electrons. The van der Waals surface area contributed by atoms with Gasteiger partial charge in [-0.1, -0.05) is 6.42 Å². The van der Waals surface area contributed by atoms with Crippen molar-refractivity contribution in [3.63, 3.8) is 0 Å². The summed E-state index contributed by atoms with van der Waals surface area (Å²) < 4.78 is 25.2. The Balaban J connectivity index is 1.96. The fourth-order valence-corrected chi connectivity index (χ4v) is 4.25. The van der Waals surface area contributed by atoms with Gasteiger partial charge in [-0.05, 0) is 38.1 Å². The van der Waals surface area contributed by atoms with Crippen LogP contribution in [-0.4, -0.2) is 51.2 Å². The number of carbonyl (C=O) groups excluding carboxylic acids is 1. The lowest BCUT2D eigenvalue weighted by Crippen LogP contribution is -2.51. The zero-order valence-corrected chi connectivity index (χ0v) is 12.9. The number of nitrogens with zero attached hydrogens (tertiary/aromatic N) is 1. The average molecular weight is 303 g/mol. The molecule has 1 aliphatic heterocycles. The van der Waals surface area contributed by atoms with E-state index in [1.54, 1.807) is 0 Å². The first-order valence-corrected chi connectivity index (χ1v) is 9.26. The first-order chi connectivity index (χ1) is 9.40. The molecule has 1 heterocycles. The SMILES string of the molecule is CS(=O)(=O)NC1CCCN(C(=O)C2CCCC2CN)C1. The Hall–Kier alpha value is -0.660. The minimum atomic E-state index is -3.22. The van der Waals surface area contributed by atoms with Crippen LogP contribution in [0.25, 0.3) is 0 Å². The quantitative estimate of drug-likeness (QED) is 0.758. The molecule has 3 N–H and O–H groups in total. The molecular formula is C13H25N3O3S. The van der Waals surface area contributed by atoms with Crippen LogP contribution in [0, 0.1) is 11.8 Å². The second kappa shape index (κ2) is 6.41. The van der Waals surface area contributed by atoms with Gasteiger partial charge in [-0.25, -0.2) is 13.1 Å². The Labute approximate surface area is 121 Å². The third-order valence-electron chi connectivity index (χ3n) is 4.39. The summed E-state index contributed by atoms with van der Waals surface area (Å²) in [7, 11) is -3.22.